The van der Waals surface area contributed by atoms with Gasteiger partial charge in [-0.15, -0.1) is 0 Å². The number of nitrogens with zero attached hydrogens (tertiary/aromatic N) is 1. The Morgan fingerprint density at radius 1 is 1.19 bits per heavy atom. The molecule has 1 aliphatic rings. The quantitative estimate of drug-likeness (QED) is 0.712. The average molecular weight is 397 g/mol. The summed E-state index contributed by atoms with van der Waals surface area (Å²) in [7, 11) is -3.67. The number of likely N-dealkylation sites (tertiary alicyclic amines) is 1. The van der Waals surface area contributed by atoms with Gasteiger partial charge in [-0.3, -0.25) is 9.59 Å². The first-order valence-corrected chi connectivity index (χ1v) is 10.8. The number of esters is 1. The second-order valence-electron chi connectivity index (χ2n) is 6.97. The van der Waals surface area contributed by atoms with Crippen LogP contribution in [0.3, 0.4) is 0 Å². The topological polar surface area (TPSA) is 92.8 Å². The van der Waals surface area contributed by atoms with Crippen LogP contribution in [0.4, 0.5) is 0 Å². The van der Waals surface area contributed by atoms with Crippen LogP contribution in [0.25, 0.3) is 0 Å². The fourth-order valence-corrected chi connectivity index (χ4v) is 4.40. The van der Waals surface area contributed by atoms with Gasteiger partial charge in [-0.05, 0) is 52.2 Å². The maximum atomic E-state index is 12.6. The van der Waals surface area contributed by atoms with Crippen LogP contribution in [0.2, 0.25) is 0 Å². The predicted molar refractivity (Wildman–Crippen MR) is 101 cm³/mol. The molecule has 1 N–H and O–H groups in total. The van der Waals surface area contributed by atoms with Crippen LogP contribution in [-0.4, -0.2) is 49.9 Å². The van der Waals surface area contributed by atoms with Crippen molar-refractivity contribution in [3.05, 3.63) is 30.3 Å². The Kier molecular flexibility index (Phi) is 7.38. The van der Waals surface area contributed by atoms with Crippen molar-refractivity contribution in [3.63, 3.8) is 0 Å². The molecule has 1 aromatic carbocycles. The summed E-state index contributed by atoms with van der Waals surface area (Å²) >= 11 is 0. The number of carbonyl (C=O) groups excluding carboxylic acids is 2. The van der Waals surface area contributed by atoms with Crippen molar-refractivity contribution in [3.8, 4) is 0 Å². The Hall–Kier alpha value is -1.93. The lowest BCUT2D eigenvalue weighted by molar-refractivity contribution is -0.162. The summed E-state index contributed by atoms with van der Waals surface area (Å²) in [4.78, 5) is 26.5. The number of ether oxygens (including phenoxy) is 1. The van der Waals surface area contributed by atoms with Crippen molar-refractivity contribution < 1.29 is 22.7 Å². The minimum atomic E-state index is -3.67. The SMILES string of the molecule is C[C@@H](OC(=O)CCNS(=O)(=O)c1ccccc1)C(=O)N1[C@@H](C)CCC[C@@H]1C. The second kappa shape index (κ2) is 9.32. The summed E-state index contributed by atoms with van der Waals surface area (Å²) in [5, 5.41) is 0. The first-order valence-electron chi connectivity index (χ1n) is 9.28. The number of piperidine rings is 1. The van der Waals surface area contributed by atoms with E-state index in [2.05, 4.69) is 4.72 Å². The third kappa shape index (κ3) is 5.77. The highest BCUT2D eigenvalue weighted by molar-refractivity contribution is 7.89. The van der Waals surface area contributed by atoms with Gasteiger partial charge in [-0.1, -0.05) is 18.2 Å². The molecule has 0 spiro atoms. The molecule has 2 rings (SSSR count). The van der Waals surface area contributed by atoms with Crippen molar-refractivity contribution in [1.29, 1.82) is 0 Å². The summed E-state index contributed by atoms with van der Waals surface area (Å²) in [6.07, 6.45) is 1.94. The Bertz CT molecular complexity index is 741. The van der Waals surface area contributed by atoms with E-state index in [1.54, 1.807) is 30.0 Å². The molecule has 1 amide bonds. The minimum Gasteiger partial charge on any atom is -0.452 e. The first kappa shape index (κ1) is 21.4. The van der Waals surface area contributed by atoms with Gasteiger partial charge in [0.1, 0.15) is 0 Å². The molecule has 1 saturated heterocycles. The lowest BCUT2D eigenvalue weighted by atomic mass is 9.97. The molecule has 0 saturated carbocycles. The van der Waals surface area contributed by atoms with Crippen molar-refractivity contribution in [1.82, 2.24) is 9.62 Å². The number of benzene rings is 1. The molecule has 1 aliphatic heterocycles. The summed E-state index contributed by atoms with van der Waals surface area (Å²) in [5.41, 5.74) is 0. The molecule has 0 aromatic heterocycles. The monoisotopic (exact) mass is 396 g/mol. The van der Waals surface area contributed by atoms with Crippen LogP contribution in [0.5, 0.6) is 0 Å². The van der Waals surface area contributed by atoms with Gasteiger partial charge in [0.2, 0.25) is 10.0 Å². The van der Waals surface area contributed by atoms with Crippen LogP contribution in [0.1, 0.15) is 46.5 Å². The zero-order valence-electron chi connectivity index (χ0n) is 16.1. The van der Waals surface area contributed by atoms with E-state index in [9.17, 15) is 18.0 Å². The molecule has 8 heteroatoms. The van der Waals surface area contributed by atoms with E-state index in [0.717, 1.165) is 19.3 Å². The largest absolute Gasteiger partial charge is 0.452 e. The summed E-state index contributed by atoms with van der Waals surface area (Å²) < 4.78 is 31.8. The van der Waals surface area contributed by atoms with E-state index in [1.807, 2.05) is 13.8 Å². The van der Waals surface area contributed by atoms with Crippen molar-refractivity contribution in [2.24, 2.45) is 0 Å². The van der Waals surface area contributed by atoms with E-state index >= 15 is 0 Å². The van der Waals surface area contributed by atoms with Crippen LogP contribution < -0.4 is 4.72 Å². The zero-order valence-corrected chi connectivity index (χ0v) is 16.9. The number of amides is 1. The van der Waals surface area contributed by atoms with Crippen molar-refractivity contribution >= 4 is 21.9 Å². The highest BCUT2D eigenvalue weighted by atomic mass is 32.2. The summed E-state index contributed by atoms with van der Waals surface area (Å²) in [6, 6.07) is 8.17. The normalized spacial score (nSPS) is 21.5. The van der Waals surface area contributed by atoms with Crippen molar-refractivity contribution in [2.45, 2.75) is 69.5 Å². The Morgan fingerprint density at radius 2 is 1.78 bits per heavy atom. The van der Waals surface area contributed by atoms with Gasteiger partial charge in [-0.2, -0.15) is 0 Å². The Labute approximate surface area is 161 Å². The molecule has 150 valence electrons. The molecular formula is C19H28N2O5S. The van der Waals surface area contributed by atoms with Gasteiger partial charge in [0.05, 0.1) is 11.3 Å². The lowest BCUT2D eigenvalue weighted by Crippen LogP contribution is -2.51. The molecule has 3 atom stereocenters. The summed E-state index contributed by atoms with van der Waals surface area (Å²) in [6.45, 7) is 5.47. The fourth-order valence-electron chi connectivity index (χ4n) is 3.34. The van der Waals surface area contributed by atoms with E-state index in [1.165, 1.54) is 12.1 Å². The van der Waals surface area contributed by atoms with Gasteiger partial charge in [-0.25, -0.2) is 13.1 Å². The second-order valence-corrected chi connectivity index (χ2v) is 8.73. The van der Waals surface area contributed by atoms with E-state index in [0.29, 0.717) is 0 Å². The Balaban J connectivity index is 1.82. The molecule has 7 nitrogen and oxygen atoms in total. The van der Waals surface area contributed by atoms with Crippen LogP contribution in [-0.2, 0) is 24.3 Å². The number of nitrogens with one attached hydrogen (secondary N) is 1. The third-order valence-corrected chi connectivity index (χ3v) is 6.26. The molecule has 1 heterocycles. The van der Waals surface area contributed by atoms with E-state index in [-0.39, 0.29) is 35.9 Å². The maximum Gasteiger partial charge on any atom is 0.307 e. The van der Waals surface area contributed by atoms with Gasteiger partial charge in [0, 0.05) is 18.6 Å². The van der Waals surface area contributed by atoms with Crippen molar-refractivity contribution in [2.75, 3.05) is 6.54 Å². The standard InChI is InChI=1S/C19H28N2O5S/c1-14-8-7-9-15(2)21(14)19(23)16(3)26-18(22)12-13-20-27(24,25)17-10-5-4-6-11-17/h4-6,10-11,14-16,20H,7-9,12-13H2,1-3H3/t14-,15-,16+/m0/s1. The van der Waals surface area contributed by atoms with Gasteiger partial charge in [0.15, 0.2) is 6.10 Å². The molecule has 27 heavy (non-hydrogen) atoms. The van der Waals surface area contributed by atoms with E-state index in [4.69, 9.17) is 4.74 Å². The van der Waals surface area contributed by atoms with E-state index < -0.39 is 22.1 Å². The molecule has 1 aromatic rings. The van der Waals surface area contributed by atoms with Gasteiger partial charge in [0.25, 0.3) is 5.91 Å². The third-order valence-electron chi connectivity index (χ3n) is 4.78. The zero-order chi connectivity index (χ0) is 20.0. The predicted octanol–water partition coefficient (Wildman–Crippen LogP) is 2.08. The van der Waals surface area contributed by atoms with Crippen LogP contribution >= 0.6 is 0 Å². The Morgan fingerprint density at radius 3 is 2.37 bits per heavy atom. The highest BCUT2D eigenvalue weighted by Gasteiger charge is 2.33. The molecular weight excluding hydrogens is 368 g/mol. The average Bonchev–Trinajstić information content (AvgIpc) is 2.62. The molecule has 0 unspecified atom stereocenters. The fraction of sp³-hybridized carbons (Fsp3) is 0.579. The highest BCUT2D eigenvalue weighted by Crippen LogP contribution is 2.23. The molecule has 1 fully saturated rings. The summed E-state index contributed by atoms with van der Waals surface area (Å²) in [5.74, 6) is -0.808. The molecule has 0 bridgehead atoms. The number of hydrogen-bond donors (Lipinski definition) is 1. The number of hydrogen-bond acceptors (Lipinski definition) is 5. The molecule has 0 aliphatic carbocycles. The number of carbonyl (C=O) groups is 2. The smallest absolute Gasteiger partial charge is 0.307 e. The first-order chi connectivity index (χ1) is 12.7. The lowest BCUT2D eigenvalue weighted by Gasteiger charge is -2.40. The van der Waals surface area contributed by atoms with Gasteiger partial charge >= 0.3 is 5.97 Å². The number of rotatable bonds is 7. The van der Waals surface area contributed by atoms with Crippen LogP contribution in [0, 0.1) is 0 Å². The van der Waals surface area contributed by atoms with Gasteiger partial charge < -0.3 is 9.64 Å². The minimum absolute atomic E-state index is 0.0898. The molecule has 0 radical (unpaired) electrons. The number of sulfonamides is 1. The van der Waals surface area contributed by atoms with Crippen LogP contribution in [0.15, 0.2) is 35.2 Å². The maximum absolute atomic E-state index is 12.6.